The molecule has 3 nitrogen and oxygen atoms in total. The van der Waals surface area contributed by atoms with E-state index in [1.807, 2.05) is 0 Å². The second kappa shape index (κ2) is 6.59. The van der Waals surface area contributed by atoms with Crippen LogP contribution in [-0.4, -0.2) is 16.9 Å². The van der Waals surface area contributed by atoms with Crippen LogP contribution in [0.5, 0.6) is 0 Å². The first kappa shape index (κ1) is 12.2. The van der Waals surface area contributed by atoms with E-state index in [0.29, 0.717) is 0 Å². The van der Waals surface area contributed by atoms with Crippen LogP contribution in [0, 0.1) is 5.92 Å². The van der Waals surface area contributed by atoms with Crippen molar-refractivity contribution in [3.8, 4) is 0 Å². The topological polar surface area (TPSA) is 54.4 Å². The Hall–Kier alpha value is -0.860. The molecule has 0 saturated heterocycles. The quantitative estimate of drug-likeness (QED) is 0.716. The highest BCUT2D eigenvalue weighted by Gasteiger charge is 2.23. The smallest absolute Gasteiger partial charge is 0.372 e. The number of rotatable bonds is 2. The van der Waals surface area contributed by atoms with Crippen LogP contribution in [-0.2, 0) is 9.59 Å². The zero-order chi connectivity index (χ0) is 11.1. The molecule has 86 valence electrons. The lowest BCUT2D eigenvalue weighted by molar-refractivity contribution is -0.151. The predicted octanol–water partition coefficient (Wildman–Crippen LogP) is 2.78. The van der Waals surface area contributed by atoms with Gasteiger partial charge in [0.15, 0.2) is 0 Å². The van der Waals surface area contributed by atoms with Crippen LogP contribution >= 0.6 is 0 Å². The number of Topliss-reactive ketones (excluding diaryl/α,β-unsaturated/α-hetero) is 1. The molecule has 0 amide bonds. The Morgan fingerprint density at radius 2 is 1.20 bits per heavy atom. The molecule has 1 aliphatic rings. The second-order valence-electron chi connectivity index (χ2n) is 4.42. The number of carbonyl (C=O) groups excluding carboxylic acids is 1. The van der Waals surface area contributed by atoms with Gasteiger partial charge in [-0.3, -0.25) is 4.79 Å². The lowest BCUT2D eigenvalue weighted by atomic mass is 9.89. The molecule has 0 aliphatic heterocycles. The van der Waals surface area contributed by atoms with Gasteiger partial charge in [0, 0.05) is 5.92 Å². The molecule has 3 heteroatoms. The fourth-order valence-corrected chi connectivity index (χ4v) is 2.25. The average molecular weight is 212 g/mol. The molecule has 1 aliphatic carbocycles. The van der Waals surface area contributed by atoms with Crippen LogP contribution in [0.25, 0.3) is 0 Å². The summed E-state index contributed by atoms with van der Waals surface area (Å²) in [5.74, 6) is -2.05. The second-order valence-corrected chi connectivity index (χ2v) is 4.42. The molecule has 0 bridgehead atoms. The molecule has 0 aromatic carbocycles. The van der Waals surface area contributed by atoms with Crippen molar-refractivity contribution in [3.05, 3.63) is 0 Å². The van der Waals surface area contributed by atoms with Crippen LogP contribution in [0.3, 0.4) is 0 Å². The lowest BCUT2D eigenvalue weighted by Gasteiger charge is -2.15. The highest BCUT2D eigenvalue weighted by Crippen LogP contribution is 2.22. The molecule has 1 saturated carbocycles. The van der Waals surface area contributed by atoms with Gasteiger partial charge in [0.2, 0.25) is 5.78 Å². The van der Waals surface area contributed by atoms with Crippen LogP contribution < -0.4 is 0 Å². The molecule has 15 heavy (non-hydrogen) atoms. The number of carboxylic acids is 1. The summed E-state index contributed by atoms with van der Waals surface area (Å²) in [4.78, 5) is 22.0. The average Bonchev–Trinajstić information content (AvgIpc) is 2.24. The Balaban J connectivity index is 2.44. The normalized spacial score (nSPS) is 20.8. The minimum absolute atomic E-state index is 0.222. The summed E-state index contributed by atoms with van der Waals surface area (Å²) < 4.78 is 0. The molecule has 0 unspecified atom stereocenters. The standard InChI is InChI=1S/C12H20O3/c13-11(12(14)15)10-8-6-4-2-1-3-5-7-9-10/h10H,1-9H2,(H,14,15). The van der Waals surface area contributed by atoms with E-state index in [1.54, 1.807) is 0 Å². The molecular formula is C12H20O3. The maximum Gasteiger partial charge on any atom is 0.372 e. The van der Waals surface area contributed by atoms with E-state index in [0.717, 1.165) is 38.5 Å². The van der Waals surface area contributed by atoms with Crippen LogP contribution in [0.4, 0.5) is 0 Å². The van der Waals surface area contributed by atoms with Crippen LogP contribution in [0.1, 0.15) is 57.8 Å². The first-order valence-corrected chi connectivity index (χ1v) is 5.99. The third-order valence-corrected chi connectivity index (χ3v) is 3.19. The SMILES string of the molecule is O=C(O)C(=O)C1CCCCCCCCC1. The van der Waals surface area contributed by atoms with Gasteiger partial charge in [-0.25, -0.2) is 4.79 Å². The fraction of sp³-hybridized carbons (Fsp3) is 0.833. The van der Waals surface area contributed by atoms with E-state index in [4.69, 9.17) is 5.11 Å². The molecule has 0 aromatic heterocycles. The maximum absolute atomic E-state index is 11.4. The molecule has 0 radical (unpaired) electrons. The Kier molecular flexibility index (Phi) is 5.37. The zero-order valence-corrected chi connectivity index (χ0v) is 9.21. The highest BCUT2D eigenvalue weighted by molar-refractivity contribution is 6.33. The first-order valence-electron chi connectivity index (χ1n) is 5.99. The number of aliphatic carboxylic acids is 1. The molecule has 1 N–H and O–H groups in total. The predicted molar refractivity (Wildman–Crippen MR) is 57.7 cm³/mol. The van der Waals surface area contributed by atoms with Crippen molar-refractivity contribution in [2.45, 2.75) is 57.8 Å². The van der Waals surface area contributed by atoms with Crippen molar-refractivity contribution in [3.63, 3.8) is 0 Å². The number of ketones is 1. The van der Waals surface area contributed by atoms with Gasteiger partial charge in [-0.2, -0.15) is 0 Å². The molecule has 1 fully saturated rings. The maximum atomic E-state index is 11.4. The van der Waals surface area contributed by atoms with E-state index < -0.39 is 11.8 Å². The monoisotopic (exact) mass is 212 g/mol. The molecule has 1 rings (SSSR count). The Morgan fingerprint density at radius 1 is 0.800 bits per heavy atom. The minimum atomic E-state index is -1.25. The van der Waals surface area contributed by atoms with Gasteiger partial charge in [-0.15, -0.1) is 0 Å². The Labute approximate surface area is 90.9 Å². The number of hydrogen-bond acceptors (Lipinski definition) is 2. The van der Waals surface area contributed by atoms with Crippen LogP contribution in [0.15, 0.2) is 0 Å². The van der Waals surface area contributed by atoms with Crippen molar-refractivity contribution >= 4 is 11.8 Å². The minimum Gasteiger partial charge on any atom is -0.475 e. The van der Waals surface area contributed by atoms with Gasteiger partial charge in [0.05, 0.1) is 0 Å². The summed E-state index contributed by atoms with van der Waals surface area (Å²) in [7, 11) is 0. The van der Waals surface area contributed by atoms with Crippen molar-refractivity contribution < 1.29 is 14.7 Å². The van der Waals surface area contributed by atoms with Crippen molar-refractivity contribution in [2.75, 3.05) is 0 Å². The van der Waals surface area contributed by atoms with Crippen molar-refractivity contribution in [2.24, 2.45) is 5.92 Å². The van der Waals surface area contributed by atoms with E-state index in [2.05, 4.69) is 0 Å². The Morgan fingerprint density at radius 3 is 1.60 bits per heavy atom. The van der Waals surface area contributed by atoms with Gasteiger partial charge in [0.1, 0.15) is 0 Å². The van der Waals surface area contributed by atoms with E-state index in [-0.39, 0.29) is 5.92 Å². The summed E-state index contributed by atoms with van der Waals surface area (Å²) >= 11 is 0. The third kappa shape index (κ3) is 4.45. The molecule has 0 aromatic rings. The van der Waals surface area contributed by atoms with E-state index in [1.165, 1.54) is 19.3 Å². The largest absolute Gasteiger partial charge is 0.475 e. The molecule has 0 spiro atoms. The summed E-state index contributed by atoms with van der Waals surface area (Å²) in [6.45, 7) is 0. The fourth-order valence-electron chi connectivity index (χ4n) is 2.25. The van der Waals surface area contributed by atoms with Crippen molar-refractivity contribution in [1.29, 1.82) is 0 Å². The van der Waals surface area contributed by atoms with Gasteiger partial charge in [-0.1, -0.05) is 44.9 Å². The number of carbonyl (C=O) groups is 2. The summed E-state index contributed by atoms with van der Waals surface area (Å²) in [6, 6.07) is 0. The third-order valence-electron chi connectivity index (χ3n) is 3.19. The van der Waals surface area contributed by atoms with Gasteiger partial charge < -0.3 is 5.11 Å². The first-order chi connectivity index (χ1) is 7.22. The molecule has 0 heterocycles. The van der Waals surface area contributed by atoms with E-state index >= 15 is 0 Å². The Bertz CT molecular complexity index is 213. The number of carboxylic acid groups (broad SMARTS) is 1. The van der Waals surface area contributed by atoms with Crippen molar-refractivity contribution in [1.82, 2.24) is 0 Å². The molecule has 0 atom stereocenters. The van der Waals surface area contributed by atoms with Crippen LogP contribution in [0.2, 0.25) is 0 Å². The van der Waals surface area contributed by atoms with E-state index in [9.17, 15) is 9.59 Å². The van der Waals surface area contributed by atoms with Gasteiger partial charge >= 0.3 is 5.97 Å². The van der Waals surface area contributed by atoms with Gasteiger partial charge in [0.25, 0.3) is 0 Å². The summed E-state index contributed by atoms with van der Waals surface area (Å²) in [6.07, 6.45) is 9.58. The summed E-state index contributed by atoms with van der Waals surface area (Å²) in [5.41, 5.74) is 0. The molecular weight excluding hydrogens is 192 g/mol. The lowest BCUT2D eigenvalue weighted by Crippen LogP contribution is -2.23. The zero-order valence-electron chi connectivity index (χ0n) is 9.21. The van der Waals surface area contributed by atoms with Gasteiger partial charge in [-0.05, 0) is 12.8 Å². The highest BCUT2D eigenvalue weighted by atomic mass is 16.4. The summed E-state index contributed by atoms with van der Waals surface area (Å²) in [5, 5.41) is 8.67. The number of hydrogen-bond donors (Lipinski definition) is 1.